The number of allylic oxidation sites excluding steroid dienone is 4. The van der Waals surface area contributed by atoms with E-state index >= 15 is 4.39 Å². The molecule has 0 amide bonds. The molecule has 8 unspecified atom stereocenters. The number of alkyl halides is 1. The number of halogens is 1. The van der Waals surface area contributed by atoms with Gasteiger partial charge in [0, 0.05) is 16.7 Å². The molecule has 0 heterocycles. The highest BCUT2D eigenvalue weighted by Gasteiger charge is 2.75. The molecular formula is C25H35FO5. The molecule has 6 heteroatoms. The first kappa shape index (κ1) is 22.8. The second kappa shape index (κ2) is 7.06. The molecule has 4 aliphatic rings. The Morgan fingerprint density at radius 2 is 2.00 bits per heavy atom. The van der Waals surface area contributed by atoms with E-state index in [1.54, 1.807) is 13.0 Å². The average Bonchev–Trinajstić information content (AvgIpc) is 2.89. The van der Waals surface area contributed by atoms with Crippen molar-refractivity contribution < 1.29 is 28.9 Å². The predicted octanol–water partition coefficient (Wildman–Crippen LogP) is 3.33. The standard InChI is InChI=1S/C25H35FO5/c1-14(2)31-13-21(29)25(30)15(3)10-19-18-7-6-16-11-17(27)8-9-22(16,4)24(18,26)20(28)12-23(19,25)5/h8-9,11,14-15,18-20,28,30H,6-7,10,12-13H2,1-5H3. The van der Waals surface area contributed by atoms with Crippen molar-refractivity contribution >= 4 is 11.6 Å². The van der Waals surface area contributed by atoms with Crippen LogP contribution in [0.5, 0.6) is 0 Å². The predicted molar refractivity (Wildman–Crippen MR) is 114 cm³/mol. The molecule has 0 radical (unpaired) electrons. The molecule has 0 aromatic carbocycles. The van der Waals surface area contributed by atoms with E-state index in [1.165, 1.54) is 12.2 Å². The van der Waals surface area contributed by atoms with Crippen molar-refractivity contribution in [1.29, 1.82) is 0 Å². The Labute approximate surface area is 183 Å². The van der Waals surface area contributed by atoms with Crippen LogP contribution in [0.15, 0.2) is 23.8 Å². The summed E-state index contributed by atoms with van der Waals surface area (Å²) in [5.41, 5.74) is -4.93. The number of ether oxygens (including phenoxy) is 1. The fraction of sp³-hybridized carbons (Fsp3) is 0.760. The Balaban J connectivity index is 1.75. The highest BCUT2D eigenvalue weighted by atomic mass is 19.1. The number of rotatable bonds is 4. The summed E-state index contributed by atoms with van der Waals surface area (Å²) in [4.78, 5) is 25.1. The quantitative estimate of drug-likeness (QED) is 0.709. The van der Waals surface area contributed by atoms with Gasteiger partial charge in [-0.25, -0.2) is 4.39 Å². The number of hydrogen-bond acceptors (Lipinski definition) is 5. The number of carbonyl (C=O) groups excluding carboxylic acids is 2. The van der Waals surface area contributed by atoms with Gasteiger partial charge in [0.15, 0.2) is 17.2 Å². The maximum Gasteiger partial charge on any atom is 0.190 e. The van der Waals surface area contributed by atoms with Crippen LogP contribution < -0.4 is 0 Å². The van der Waals surface area contributed by atoms with Crippen LogP contribution in [0.2, 0.25) is 0 Å². The molecule has 8 atom stereocenters. The highest BCUT2D eigenvalue weighted by molar-refractivity contribution is 6.01. The van der Waals surface area contributed by atoms with Crippen LogP contribution in [0, 0.1) is 28.6 Å². The minimum absolute atomic E-state index is 0.0103. The first-order chi connectivity index (χ1) is 14.3. The van der Waals surface area contributed by atoms with Gasteiger partial charge in [-0.1, -0.05) is 25.5 Å². The summed E-state index contributed by atoms with van der Waals surface area (Å²) in [6, 6.07) is 0. The lowest BCUT2D eigenvalue weighted by molar-refractivity contribution is -0.220. The minimum Gasteiger partial charge on any atom is -0.390 e. The molecule has 5 nitrogen and oxygen atoms in total. The van der Waals surface area contributed by atoms with E-state index in [9.17, 15) is 19.8 Å². The molecule has 0 aromatic rings. The second-order valence-electron chi connectivity index (χ2n) is 11.0. The van der Waals surface area contributed by atoms with Gasteiger partial charge in [0.1, 0.15) is 12.2 Å². The molecule has 0 saturated heterocycles. The zero-order valence-corrected chi connectivity index (χ0v) is 19.2. The van der Waals surface area contributed by atoms with Gasteiger partial charge in [-0.3, -0.25) is 9.59 Å². The zero-order valence-electron chi connectivity index (χ0n) is 19.2. The molecule has 4 rings (SSSR count). The van der Waals surface area contributed by atoms with E-state index in [2.05, 4.69) is 0 Å². The van der Waals surface area contributed by atoms with Crippen molar-refractivity contribution in [2.75, 3.05) is 6.61 Å². The van der Waals surface area contributed by atoms with Crippen molar-refractivity contribution in [1.82, 2.24) is 0 Å². The van der Waals surface area contributed by atoms with Gasteiger partial charge < -0.3 is 14.9 Å². The maximum absolute atomic E-state index is 17.1. The van der Waals surface area contributed by atoms with Gasteiger partial charge in [0.2, 0.25) is 0 Å². The number of fused-ring (bicyclic) bond motifs is 5. The number of carbonyl (C=O) groups is 2. The molecule has 31 heavy (non-hydrogen) atoms. The van der Waals surface area contributed by atoms with Crippen LogP contribution in [0.25, 0.3) is 0 Å². The van der Waals surface area contributed by atoms with Crippen LogP contribution >= 0.6 is 0 Å². The molecule has 0 spiro atoms. The number of aliphatic hydroxyl groups is 2. The van der Waals surface area contributed by atoms with E-state index in [0.717, 1.165) is 5.57 Å². The summed E-state index contributed by atoms with van der Waals surface area (Å²) in [5, 5.41) is 23.1. The SMILES string of the molecule is CC(C)OCC(=O)C1(O)C(C)CC2C3CCC4=CC(=O)C=CC4(C)C3(F)C(O)CC21C. The first-order valence-electron chi connectivity index (χ1n) is 11.5. The Hall–Kier alpha value is -1.37. The molecule has 2 N–H and O–H groups in total. The Bertz CT molecular complexity index is 864. The fourth-order valence-corrected chi connectivity index (χ4v) is 7.49. The van der Waals surface area contributed by atoms with Crippen molar-refractivity contribution in [3.05, 3.63) is 23.8 Å². The number of hydrogen-bond donors (Lipinski definition) is 2. The van der Waals surface area contributed by atoms with E-state index < -0.39 is 34.1 Å². The summed E-state index contributed by atoms with van der Waals surface area (Å²) >= 11 is 0. The van der Waals surface area contributed by atoms with E-state index in [1.807, 2.05) is 27.7 Å². The second-order valence-corrected chi connectivity index (χ2v) is 11.0. The molecule has 3 saturated carbocycles. The molecule has 0 aromatic heterocycles. The van der Waals surface area contributed by atoms with Gasteiger partial charge in [0.25, 0.3) is 0 Å². The van der Waals surface area contributed by atoms with E-state index in [4.69, 9.17) is 4.74 Å². The van der Waals surface area contributed by atoms with Crippen LogP contribution in [0.1, 0.15) is 60.3 Å². The largest absolute Gasteiger partial charge is 0.390 e. The van der Waals surface area contributed by atoms with Crippen molar-refractivity contribution in [2.24, 2.45) is 28.6 Å². The van der Waals surface area contributed by atoms with Crippen LogP contribution in [-0.4, -0.2) is 51.9 Å². The lowest BCUT2D eigenvalue weighted by Crippen LogP contribution is -2.69. The Morgan fingerprint density at radius 1 is 1.32 bits per heavy atom. The van der Waals surface area contributed by atoms with E-state index in [-0.39, 0.29) is 42.5 Å². The summed E-state index contributed by atoms with van der Waals surface area (Å²) < 4.78 is 22.6. The third-order valence-corrected chi connectivity index (χ3v) is 9.20. The first-order valence-corrected chi connectivity index (χ1v) is 11.5. The number of Topliss-reactive ketones (excluding diaryl/α,β-unsaturated/α-hetero) is 1. The number of ketones is 2. The number of aliphatic hydroxyl groups excluding tert-OH is 1. The van der Waals surface area contributed by atoms with Gasteiger partial charge in [-0.05, 0) is 70.4 Å². The molecule has 3 fully saturated rings. The fourth-order valence-electron chi connectivity index (χ4n) is 7.49. The average molecular weight is 435 g/mol. The molecule has 0 bridgehead atoms. The molecule has 0 aliphatic heterocycles. The van der Waals surface area contributed by atoms with Crippen LogP contribution in [0.4, 0.5) is 4.39 Å². The van der Waals surface area contributed by atoms with Gasteiger partial charge >= 0.3 is 0 Å². The van der Waals surface area contributed by atoms with Crippen LogP contribution in [-0.2, 0) is 14.3 Å². The summed E-state index contributed by atoms with van der Waals surface area (Å²) in [6.45, 7) is 8.92. The molecule has 172 valence electrons. The van der Waals surface area contributed by atoms with Crippen molar-refractivity contribution in [3.63, 3.8) is 0 Å². The monoisotopic (exact) mass is 434 g/mol. The summed E-state index contributed by atoms with van der Waals surface area (Å²) in [7, 11) is 0. The maximum atomic E-state index is 17.1. The lowest BCUT2D eigenvalue weighted by atomic mass is 9.44. The smallest absolute Gasteiger partial charge is 0.190 e. The topological polar surface area (TPSA) is 83.8 Å². The van der Waals surface area contributed by atoms with E-state index in [0.29, 0.717) is 19.3 Å². The molecular weight excluding hydrogens is 399 g/mol. The zero-order chi connectivity index (χ0) is 23.0. The normalized spacial score (nSPS) is 48.8. The Morgan fingerprint density at radius 3 is 2.65 bits per heavy atom. The molecule has 4 aliphatic carbocycles. The van der Waals surface area contributed by atoms with Crippen LogP contribution in [0.3, 0.4) is 0 Å². The summed E-state index contributed by atoms with van der Waals surface area (Å²) in [5.74, 6) is -1.68. The van der Waals surface area contributed by atoms with Gasteiger partial charge in [0.05, 0.1) is 12.2 Å². The van der Waals surface area contributed by atoms with Crippen molar-refractivity contribution in [3.8, 4) is 0 Å². The highest BCUT2D eigenvalue weighted by Crippen LogP contribution is 2.70. The summed E-state index contributed by atoms with van der Waals surface area (Å²) in [6.07, 6.45) is 4.58. The Kier molecular flexibility index (Phi) is 5.20. The minimum atomic E-state index is -1.96. The lowest BCUT2D eigenvalue weighted by Gasteiger charge is -2.62. The third kappa shape index (κ3) is 2.77. The third-order valence-electron chi connectivity index (χ3n) is 9.20. The van der Waals surface area contributed by atoms with Gasteiger partial charge in [-0.15, -0.1) is 0 Å². The van der Waals surface area contributed by atoms with Crippen molar-refractivity contribution in [2.45, 2.75) is 83.8 Å². The van der Waals surface area contributed by atoms with Gasteiger partial charge in [-0.2, -0.15) is 0 Å².